The van der Waals surface area contributed by atoms with E-state index in [4.69, 9.17) is 4.74 Å². The number of hydrogen-bond acceptors (Lipinski definition) is 11. The highest BCUT2D eigenvalue weighted by atomic mass is 19.1. The number of likely N-dealkylation sites (tertiary alicyclic amines) is 2. The van der Waals surface area contributed by atoms with E-state index in [-0.39, 0.29) is 23.6 Å². The topological polar surface area (TPSA) is 185 Å². The number of urea groups is 2. The molecular formula is C51H75FN14O3. The summed E-state index contributed by atoms with van der Waals surface area (Å²) in [5.74, 6) is 2.87. The van der Waals surface area contributed by atoms with Gasteiger partial charge >= 0.3 is 12.1 Å². The molecular weight excluding hydrogens is 876 g/mol. The fraction of sp³-hybridized carbons (Fsp3) is 0.451. The third-order valence-electron chi connectivity index (χ3n) is 12.9. The highest BCUT2D eigenvalue weighted by molar-refractivity contribution is 5.91. The van der Waals surface area contributed by atoms with E-state index < -0.39 is 0 Å². The number of piperidine rings is 2. The molecule has 0 spiro atoms. The highest BCUT2D eigenvalue weighted by Crippen LogP contribution is 2.25. The number of ether oxygens (including phenoxy) is 1. The average Bonchev–Trinajstić information content (AvgIpc) is 4.01. The molecule has 69 heavy (non-hydrogen) atoms. The van der Waals surface area contributed by atoms with Gasteiger partial charge in [-0.15, -0.1) is 10.2 Å². The molecule has 4 heterocycles. The van der Waals surface area contributed by atoms with Crippen molar-refractivity contribution in [2.45, 2.75) is 65.2 Å². The number of aromatic nitrogens is 8. The summed E-state index contributed by atoms with van der Waals surface area (Å²) in [6, 6.07) is 26.6. The molecule has 0 radical (unpaired) electrons. The van der Waals surface area contributed by atoms with Gasteiger partial charge in [0.1, 0.15) is 11.6 Å². The first-order chi connectivity index (χ1) is 33.5. The van der Waals surface area contributed by atoms with Gasteiger partial charge in [0.05, 0.1) is 7.11 Å². The Labute approximate surface area is 410 Å². The Hall–Kier alpha value is -6.79. The number of carbonyl (C=O) groups is 2. The molecule has 2 aliphatic rings. The monoisotopic (exact) mass is 951 g/mol. The summed E-state index contributed by atoms with van der Waals surface area (Å²) in [4.78, 5) is 30.2. The van der Waals surface area contributed by atoms with E-state index in [9.17, 15) is 14.0 Å². The van der Waals surface area contributed by atoms with Gasteiger partial charge in [-0.3, -0.25) is 0 Å². The number of halogens is 1. The zero-order chi connectivity index (χ0) is 48.5. The highest BCUT2D eigenvalue weighted by Gasteiger charge is 2.22. The maximum atomic E-state index is 13.4. The lowest BCUT2D eigenvalue weighted by molar-refractivity contribution is 0.174. The van der Waals surface area contributed by atoms with Crippen LogP contribution in [0, 0.1) is 17.7 Å². The van der Waals surface area contributed by atoms with Crippen molar-refractivity contribution >= 4 is 23.4 Å². The molecule has 0 unspecified atom stereocenters. The van der Waals surface area contributed by atoms with E-state index in [0.29, 0.717) is 36.6 Å². The summed E-state index contributed by atoms with van der Waals surface area (Å²) < 4.78 is 21.9. The van der Waals surface area contributed by atoms with Crippen LogP contribution in [0.5, 0.6) is 5.75 Å². The summed E-state index contributed by atoms with van der Waals surface area (Å²) in [6.45, 7) is 11.5. The second kappa shape index (κ2) is 25.0. The molecule has 4 N–H and O–H groups in total. The van der Waals surface area contributed by atoms with Crippen molar-refractivity contribution in [1.29, 1.82) is 0 Å². The number of aryl methyl sites for hydroxylation is 4. The SMILES string of the molecule is CCc1cc(NC(=O)NC[C@@H]2CCCN(CCc3ccc(OC)cc3)C2)cc(-c2nnnn2C)c1.CCc1cc(NC(=O)NC[C@@H]2CCCN(CCc3cccc(F)c3)C2)cc(-c2nnnn2C)c1.[HH].[HH].[HH].[HH]. The van der Waals surface area contributed by atoms with Crippen LogP contribution in [0.25, 0.3) is 22.8 Å². The van der Waals surface area contributed by atoms with Crippen molar-refractivity contribution in [3.05, 3.63) is 113 Å². The van der Waals surface area contributed by atoms with Crippen molar-refractivity contribution < 1.29 is 24.4 Å². The molecule has 2 saturated heterocycles. The van der Waals surface area contributed by atoms with Crippen molar-refractivity contribution in [2.24, 2.45) is 25.9 Å². The van der Waals surface area contributed by atoms with Gasteiger partial charge in [0.2, 0.25) is 0 Å². The number of rotatable bonds is 17. The Morgan fingerprint density at radius 3 is 1.62 bits per heavy atom. The maximum absolute atomic E-state index is 13.4. The van der Waals surface area contributed by atoms with E-state index in [2.05, 4.69) is 94.2 Å². The van der Waals surface area contributed by atoms with Gasteiger partial charge in [0.25, 0.3) is 0 Å². The summed E-state index contributed by atoms with van der Waals surface area (Å²) >= 11 is 0. The maximum Gasteiger partial charge on any atom is 0.319 e. The minimum atomic E-state index is -0.216. The third kappa shape index (κ3) is 15.1. The number of methoxy groups -OCH3 is 1. The zero-order valence-corrected chi connectivity index (χ0v) is 40.6. The molecule has 17 nitrogen and oxygen atoms in total. The number of hydrogen-bond donors (Lipinski definition) is 4. The minimum Gasteiger partial charge on any atom is -0.497 e. The van der Waals surface area contributed by atoms with Crippen LogP contribution in [-0.2, 0) is 39.8 Å². The van der Waals surface area contributed by atoms with E-state index in [0.717, 1.165) is 136 Å². The first kappa shape index (κ1) is 50.1. The molecule has 2 fully saturated rings. The van der Waals surface area contributed by atoms with Gasteiger partial charge in [-0.2, -0.15) is 0 Å². The molecule has 8 rings (SSSR count). The van der Waals surface area contributed by atoms with Crippen LogP contribution in [0.2, 0.25) is 0 Å². The second-order valence-electron chi connectivity index (χ2n) is 18.1. The molecule has 4 aromatic carbocycles. The predicted octanol–water partition coefficient (Wildman–Crippen LogP) is 8.16. The van der Waals surface area contributed by atoms with Gasteiger partial charge in [0.15, 0.2) is 11.6 Å². The molecule has 4 amide bonds. The van der Waals surface area contributed by atoms with Crippen molar-refractivity contribution in [1.82, 2.24) is 60.8 Å². The normalized spacial score (nSPS) is 16.3. The molecule has 6 aromatic rings. The molecule has 0 saturated carbocycles. The lowest BCUT2D eigenvalue weighted by atomic mass is 9.97. The number of benzene rings is 4. The van der Waals surface area contributed by atoms with Gasteiger partial charge in [0, 0.05) is 81.6 Å². The number of nitrogens with zero attached hydrogens (tertiary/aromatic N) is 10. The van der Waals surface area contributed by atoms with E-state index in [1.165, 1.54) is 11.6 Å². The lowest BCUT2D eigenvalue weighted by Gasteiger charge is -2.32. The van der Waals surface area contributed by atoms with Crippen LogP contribution in [0.1, 0.15) is 67.5 Å². The minimum absolute atomic E-state index is 0. The van der Waals surface area contributed by atoms with Crippen LogP contribution < -0.4 is 26.0 Å². The van der Waals surface area contributed by atoms with E-state index in [1.54, 1.807) is 42.7 Å². The summed E-state index contributed by atoms with van der Waals surface area (Å²) in [6.07, 6.45) is 8.01. The van der Waals surface area contributed by atoms with Crippen LogP contribution >= 0.6 is 0 Å². The summed E-state index contributed by atoms with van der Waals surface area (Å²) in [5.41, 5.74) is 7.74. The van der Waals surface area contributed by atoms with Crippen molar-refractivity contribution in [3.63, 3.8) is 0 Å². The van der Waals surface area contributed by atoms with Gasteiger partial charge in [-0.05, 0) is 180 Å². The smallest absolute Gasteiger partial charge is 0.319 e. The first-order valence-corrected chi connectivity index (χ1v) is 24.2. The summed E-state index contributed by atoms with van der Waals surface area (Å²) in [7, 11) is 5.28. The Morgan fingerprint density at radius 1 is 0.667 bits per heavy atom. The number of nitrogens with one attached hydrogen (secondary N) is 4. The first-order valence-electron chi connectivity index (χ1n) is 24.2. The molecule has 18 heteroatoms. The predicted molar refractivity (Wildman–Crippen MR) is 275 cm³/mol. The van der Waals surface area contributed by atoms with E-state index in [1.807, 2.05) is 48.5 Å². The molecule has 2 aromatic heterocycles. The Bertz CT molecular complexity index is 2610. The van der Waals surface area contributed by atoms with Gasteiger partial charge in [-0.25, -0.2) is 23.3 Å². The lowest BCUT2D eigenvalue weighted by Crippen LogP contribution is -2.42. The number of amides is 4. The third-order valence-corrected chi connectivity index (χ3v) is 12.9. The largest absolute Gasteiger partial charge is 0.497 e. The molecule has 2 aliphatic heterocycles. The summed E-state index contributed by atoms with van der Waals surface area (Å²) in [5, 5.41) is 35.5. The van der Waals surface area contributed by atoms with Crippen molar-refractivity contribution in [3.8, 4) is 28.5 Å². The fourth-order valence-electron chi connectivity index (χ4n) is 9.07. The van der Waals surface area contributed by atoms with Gasteiger partial charge in [-0.1, -0.05) is 38.1 Å². The average molecular weight is 951 g/mol. The molecule has 374 valence electrons. The molecule has 0 aliphatic carbocycles. The van der Waals surface area contributed by atoms with Crippen LogP contribution in [0.3, 0.4) is 0 Å². The second-order valence-corrected chi connectivity index (χ2v) is 18.1. The zero-order valence-electron chi connectivity index (χ0n) is 40.6. The van der Waals surface area contributed by atoms with Crippen LogP contribution in [-0.4, -0.2) is 122 Å². The number of tetrazole rings is 2. The Morgan fingerprint density at radius 2 is 1.17 bits per heavy atom. The fourth-order valence-corrected chi connectivity index (χ4v) is 9.07. The Kier molecular flexibility index (Phi) is 18.2. The van der Waals surface area contributed by atoms with Gasteiger partial charge < -0.3 is 35.8 Å². The van der Waals surface area contributed by atoms with Crippen LogP contribution in [0.4, 0.5) is 25.4 Å². The van der Waals surface area contributed by atoms with Crippen molar-refractivity contribution in [2.75, 3.05) is 70.1 Å². The molecule has 2 atom stereocenters. The number of carbonyl (C=O) groups excluding carboxylic acids is 2. The Balaban J connectivity index is 0.000000365. The standard InChI is InChI=1S/C26H35N7O2.C25H32FN7O.4H2/c1-4-19-14-22(25-29-30-31-32(25)2)16-23(15-19)28-26(34)27-17-21-6-5-12-33(18-21)13-11-20-7-9-24(35-3)10-8-20;1-3-18-12-21(24-29-30-31-32(24)2)15-23(14-18)28-25(34)27-16-20-7-5-10-33(17-20)11-9-19-6-4-8-22(26)13-19;;;;/h7-10,14-16,21H,4-6,11-13,17-18H2,1-3H3,(H2,27,28,34);4,6,8,12-15,20H,3,5,7,9-11,16-17H2,1-2H3,(H2,27,28,34);4*1H/t21-;20-;;;;/m00..../s1. The number of anilines is 2. The van der Waals surface area contributed by atoms with Crippen LogP contribution in [0.15, 0.2) is 84.9 Å². The quantitative estimate of drug-likeness (QED) is 0.0692. The molecule has 0 bridgehead atoms. The van der Waals surface area contributed by atoms with E-state index >= 15 is 0 Å².